The van der Waals surface area contributed by atoms with Crippen LogP contribution in [-0.4, -0.2) is 38.3 Å². The summed E-state index contributed by atoms with van der Waals surface area (Å²) in [6.45, 7) is 0.190. The highest BCUT2D eigenvalue weighted by atomic mass is 79.9. The third kappa shape index (κ3) is 3.27. The first-order chi connectivity index (χ1) is 14.0. The summed E-state index contributed by atoms with van der Waals surface area (Å²) >= 11 is 3.31. The molecule has 1 aromatic carbocycles. The topological polar surface area (TPSA) is 93.2 Å². The van der Waals surface area contributed by atoms with Gasteiger partial charge in [-0.1, -0.05) is 12.1 Å². The van der Waals surface area contributed by atoms with Crippen molar-refractivity contribution in [3.8, 4) is 0 Å². The number of carbonyl (C=O) groups excluding carboxylic acids is 2. The molecule has 1 aliphatic heterocycles. The van der Waals surface area contributed by atoms with Crippen LogP contribution in [0.2, 0.25) is 0 Å². The van der Waals surface area contributed by atoms with Gasteiger partial charge in [-0.3, -0.25) is 9.59 Å². The first-order valence-corrected chi connectivity index (χ1v) is 10.4. The number of anilines is 2. The van der Waals surface area contributed by atoms with E-state index < -0.39 is 6.04 Å². The standard InChI is InChI=1S/C21H20BrN5O2/c22-18-5-2-6-19(24-18)25-21(29)17-10-12-9-16(12)27(17)20(28)11-26-8-7-13-14(23)3-1-4-15(13)26/h1-8,12,16-17H,9-11,23H2,(H,24,25,29)/t12?,16-,17+/m1/s1. The van der Waals surface area contributed by atoms with Crippen molar-refractivity contribution in [2.75, 3.05) is 11.1 Å². The van der Waals surface area contributed by atoms with Crippen LogP contribution in [0.5, 0.6) is 0 Å². The van der Waals surface area contributed by atoms with Crippen molar-refractivity contribution in [2.45, 2.75) is 31.5 Å². The van der Waals surface area contributed by atoms with Crippen LogP contribution in [0.15, 0.2) is 53.3 Å². The van der Waals surface area contributed by atoms with Crippen LogP contribution in [-0.2, 0) is 16.1 Å². The zero-order chi connectivity index (χ0) is 20.1. The third-order valence-electron chi connectivity index (χ3n) is 5.81. The summed E-state index contributed by atoms with van der Waals surface area (Å²) in [5, 5.41) is 3.78. The number of fused-ring (bicyclic) bond motifs is 2. The molecule has 2 aliphatic rings. The Labute approximate surface area is 176 Å². The molecular weight excluding hydrogens is 434 g/mol. The van der Waals surface area contributed by atoms with Crippen LogP contribution in [0, 0.1) is 5.92 Å². The number of nitrogens with two attached hydrogens (primary N) is 1. The van der Waals surface area contributed by atoms with Gasteiger partial charge < -0.3 is 20.5 Å². The van der Waals surface area contributed by atoms with E-state index in [2.05, 4.69) is 26.2 Å². The van der Waals surface area contributed by atoms with Crippen molar-refractivity contribution in [2.24, 2.45) is 5.92 Å². The number of rotatable bonds is 4. The van der Waals surface area contributed by atoms with E-state index in [1.807, 2.05) is 41.1 Å². The van der Waals surface area contributed by atoms with Gasteiger partial charge >= 0.3 is 0 Å². The first kappa shape index (κ1) is 18.2. The Morgan fingerprint density at radius 2 is 2.00 bits per heavy atom. The van der Waals surface area contributed by atoms with Gasteiger partial charge in [-0.05, 0) is 65.0 Å². The van der Waals surface area contributed by atoms with Gasteiger partial charge in [0.05, 0.1) is 5.52 Å². The number of aromatic nitrogens is 2. The fourth-order valence-electron chi connectivity index (χ4n) is 4.35. The maximum absolute atomic E-state index is 13.2. The van der Waals surface area contributed by atoms with Crippen molar-refractivity contribution in [3.63, 3.8) is 0 Å². The number of pyridine rings is 1. The monoisotopic (exact) mass is 453 g/mol. The molecule has 2 fully saturated rings. The number of hydrogen-bond donors (Lipinski definition) is 2. The maximum atomic E-state index is 13.2. The van der Waals surface area contributed by atoms with Crippen molar-refractivity contribution < 1.29 is 9.59 Å². The molecule has 5 rings (SSSR count). The largest absolute Gasteiger partial charge is 0.398 e. The van der Waals surface area contributed by atoms with Crippen molar-refractivity contribution in [1.29, 1.82) is 0 Å². The molecule has 3 atom stereocenters. The Kier molecular flexibility index (Phi) is 4.31. The van der Waals surface area contributed by atoms with Crippen LogP contribution in [0.3, 0.4) is 0 Å². The molecular formula is C21H20BrN5O2. The quantitative estimate of drug-likeness (QED) is 0.468. The molecule has 2 amide bonds. The van der Waals surface area contributed by atoms with Crippen LogP contribution in [0.1, 0.15) is 12.8 Å². The lowest BCUT2D eigenvalue weighted by Crippen LogP contribution is -2.46. The highest BCUT2D eigenvalue weighted by Gasteiger charge is 2.55. The average Bonchev–Trinajstić information content (AvgIpc) is 3.15. The van der Waals surface area contributed by atoms with Gasteiger partial charge in [-0.2, -0.15) is 0 Å². The van der Waals surface area contributed by atoms with Gasteiger partial charge in [0.15, 0.2) is 0 Å². The van der Waals surface area contributed by atoms with Crippen LogP contribution < -0.4 is 11.1 Å². The van der Waals surface area contributed by atoms with Gasteiger partial charge in [-0.25, -0.2) is 4.98 Å². The minimum atomic E-state index is -0.459. The normalized spacial score (nSPS) is 22.5. The number of hydrogen-bond acceptors (Lipinski definition) is 4. The van der Waals surface area contributed by atoms with E-state index in [4.69, 9.17) is 5.73 Å². The Balaban J connectivity index is 1.35. The molecule has 148 valence electrons. The minimum Gasteiger partial charge on any atom is -0.398 e. The number of amides is 2. The van der Waals surface area contributed by atoms with E-state index in [-0.39, 0.29) is 24.4 Å². The van der Waals surface area contributed by atoms with Crippen molar-refractivity contribution in [3.05, 3.63) is 53.3 Å². The summed E-state index contributed by atoms with van der Waals surface area (Å²) in [6.07, 6.45) is 3.56. The summed E-state index contributed by atoms with van der Waals surface area (Å²) in [7, 11) is 0. The van der Waals surface area contributed by atoms with Gasteiger partial charge in [-0.15, -0.1) is 0 Å². The summed E-state index contributed by atoms with van der Waals surface area (Å²) < 4.78 is 2.55. The molecule has 0 spiro atoms. The molecule has 3 aromatic rings. The molecule has 8 heteroatoms. The van der Waals surface area contributed by atoms with E-state index in [9.17, 15) is 9.59 Å². The highest BCUT2D eigenvalue weighted by Crippen LogP contribution is 2.48. The van der Waals surface area contributed by atoms with E-state index in [0.29, 0.717) is 28.4 Å². The fraction of sp³-hybridized carbons (Fsp3) is 0.286. The first-order valence-electron chi connectivity index (χ1n) is 9.59. The Bertz CT molecular complexity index is 1130. The van der Waals surface area contributed by atoms with Gasteiger partial charge in [0.25, 0.3) is 0 Å². The zero-order valence-electron chi connectivity index (χ0n) is 15.6. The summed E-state index contributed by atoms with van der Waals surface area (Å²) in [4.78, 5) is 32.1. The molecule has 0 bridgehead atoms. The number of benzene rings is 1. The lowest BCUT2D eigenvalue weighted by molar-refractivity contribution is -0.138. The predicted molar refractivity (Wildman–Crippen MR) is 114 cm³/mol. The molecule has 1 saturated heterocycles. The number of piperidine rings is 1. The maximum Gasteiger partial charge on any atom is 0.248 e. The Hall–Kier alpha value is -2.87. The van der Waals surface area contributed by atoms with Crippen molar-refractivity contribution in [1.82, 2.24) is 14.5 Å². The molecule has 1 aliphatic carbocycles. The second kappa shape index (κ2) is 6.88. The fourth-order valence-corrected chi connectivity index (χ4v) is 4.69. The number of nitrogens with one attached hydrogen (secondary N) is 1. The number of carbonyl (C=O) groups is 2. The Morgan fingerprint density at radius 1 is 1.17 bits per heavy atom. The van der Waals surface area contributed by atoms with Gasteiger partial charge in [0, 0.05) is 23.3 Å². The minimum absolute atomic E-state index is 0.0442. The summed E-state index contributed by atoms with van der Waals surface area (Å²) in [5.41, 5.74) is 7.64. The average molecular weight is 454 g/mol. The van der Waals surface area contributed by atoms with Gasteiger partial charge in [0.2, 0.25) is 11.8 Å². The molecule has 1 saturated carbocycles. The summed E-state index contributed by atoms with van der Waals surface area (Å²) in [5.74, 6) is 0.668. The summed E-state index contributed by atoms with van der Waals surface area (Å²) in [6, 6.07) is 12.7. The smallest absolute Gasteiger partial charge is 0.248 e. The SMILES string of the molecule is Nc1cccc2c1ccn2CC(=O)N1[C@@H]2CC2C[C@H]1C(=O)Nc1cccc(Br)n1. The zero-order valence-corrected chi connectivity index (χ0v) is 17.2. The second-order valence-corrected chi connectivity index (χ2v) is 8.49. The molecule has 29 heavy (non-hydrogen) atoms. The lowest BCUT2D eigenvalue weighted by Gasteiger charge is -2.27. The molecule has 3 heterocycles. The van der Waals surface area contributed by atoms with E-state index >= 15 is 0 Å². The number of nitrogen functional groups attached to an aromatic ring is 1. The van der Waals surface area contributed by atoms with Crippen LogP contribution in [0.4, 0.5) is 11.5 Å². The Morgan fingerprint density at radius 3 is 2.83 bits per heavy atom. The lowest BCUT2D eigenvalue weighted by atomic mass is 10.1. The number of halogens is 1. The van der Waals surface area contributed by atoms with Crippen molar-refractivity contribution >= 4 is 50.2 Å². The van der Waals surface area contributed by atoms with Crippen LogP contribution in [0.25, 0.3) is 10.9 Å². The van der Waals surface area contributed by atoms with E-state index in [1.54, 1.807) is 17.0 Å². The molecule has 3 N–H and O–H groups in total. The number of likely N-dealkylation sites (tertiary alicyclic amines) is 1. The molecule has 7 nitrogen and oxygen atoms in total. The molecule has 0 radical (unpaired) electrons. The van der Waals surface area contributed by atoms with Gasteiger partial charge in [0.1, 0.15) is 23.0 Å². The third-order valence-corrected chi connectivity index (χ3v) is 6.26. The predicted octanol–water partition coefficient (Wildman–Crippen LogP) is 3.01. The van der Waals surface area contributed by atoms with E-state index in [1.165, 1.54) is 0 Å². The van der Waals surface area contributed by atoms with E-state index in [0.717, 1.165) is 17.3 Å². The highest BCUT2D eigenvalue weighted by molar-refractivity contribution is 9.10. The van der Waals surface area contributed by atoms with Crippen LogP contribution >= 0.6 is 15.9 Å². The molecule has 1 unspecified atom stereocenters. The second-order valence-electron chi connectivity index (χ2n) is 7.67. The number of nitrogens with zero attached hydrogens (tertiary/aromatic N) is 3. The molecule has 2 aromatic heterocycles.